The topological polar surface area (TPSA) is 104 Å². The summed E-state index contributed by atoms with van der Waals surface area (Å²) in [4.78, 5) is 27.1. The van der Waals surface area contributed by atoms with E-state index in [1.807, 2.05) is 0 Å². The fraction of sp³-hybridized carbons (Fsp3) is 0.364. The predicted octanol–water partition coefficient (Wildman–Crippen LogP) is 2.72. The Morgan fingerprint density at radius 1 is 0.774 bits per heavy atom. The number of carbonyl (C=O) groups excluding carboxylic acids is 1. The van der Waals surface area contributed by atoms with E-state index in [4.69, 9.17) is 23.7 Å². The zero-order chi connectivity index (χ0) is 22.9. The molecule has 1 heterocycles. The molecule has 0 radical (unpaired) electrons. The molecule has 0 bridgehead atoms. The number of methoxy groups -OCH3 is 5. The van der Waals surface area contributed by atoms with Gasteiger partial charge in [0.05, 0.1) is 41.6 Å². The van der Waals surface area contributed by atoms with Crippen LogP contribution in [-0.2, 0) is 4.79 Å². The maximum absolute atomic E-state index is 13.3. The number of aliphatic carboxylic acids is 1. The van der Waals surface area contributed by atoms with Crippen molar-refractivity contribution in [1.29, 1.82) is 0 Å². The van der Waals surface area contributed by atoms with E-state index in [2.05, 4.69) is 0 Å². The Bertz CT molecular complexity index is 1020. The fourth-order valence-corrected chi connectivity index (χ4v) is 3.99. The third kappa shape index (κ3) is 3.56. The average molecular weight is 431 g/mol. The van der Waals surface area contributed by atoms with Gasteiger partial charge in [0, 0.05) is 24.2 Å². The quantitative estimate of drug-likeness (QED) is 0.714. The maximum atomic E-state index is 13.3. The van der Waals surface area contributed by atoms with Crippen LogP contribution in [0.3, 0.4) is 0 Å². The first-order valence-electron chi connectivity index (χ1n) is 9.38. The van der Waals surface area contributed by atoms with Gasteiger partial charge in [-0.1, -0.05) is 0 Å². The highest BCUT2D eigenvalue weighted by Crippen LogP contribution is 2.49. The van der Waals surface area contributed by atoms with Crippen molar-refractivity contribution in [2.75, 3.05) is 42.6 Å². The Morgan fingerprint density at radius 2 is 1.23 bits per heavy atom. The van der Waals surface area contributed by atoms with Gasteiger partial charge in [0.15, 0.2) is 23.0 Å². The first-order valence-corrected chi connectivity index (χ1v) is 9.38. The predicted molar refractivity (Wildman–Crippen MR) is 111 cm³/mol. The van der Waals surface area contributed by atoms with Gasteiger partial charge in [-0.15, -0.1) is 0 Å². The third-order valence-corrected chi connectivity index (χ3v) is 5.50. The van der Waals surface area contributed by atoms with Crippen LogP contribution >= 0.6 is 0 Å². The van der Waals surface area contributed by atoms with Crippen LogP contribution in [0.2, 0.25) is 0 Å². The summed E-state index contributed by atoms with van der Waals surface area (Å²) in [6, 6.07) is 5.41. The number of carboxylic acid groups (broad SMARTS) is 1. The van der Waals surface area contributed by atoms with Gasteiger partial charge < -0.3 is 33.7 Å². The second-order valence-electron chi connectivity index (χ2n) is 6.92. The highest BCUT2D eigenvalue weighted by Gasteiger charge is 2.45. The second-order valence-corrected chi connectivity index (χ2v) is 6.92. The molecule has 9 nitrogen and oxygen atoms in total. The standard InChI is InChI=1S/C22H25NO8/c1-23-20(13-9-17(30-5)18(31-6)10-14(13)27-2)19(22(25)26)11-7-15(28-3)16(29-4)8-12(11)21(23)24/h7-10,19-20H,1-6H3,(H,25,26). The summed E-state index contributed by atoms with van der Waals surface area (Å²) in [5.41, 5.74) is 1.04. The summed E-state index contributed by atoms with van der Waals surface area (Å²) in [6.45, 7) is 0. The number of carboxylic acids is 1. The van der Waals surface area contributed by atoms with Crippen molar-refractivity contribution in [2.24, 2.45) is 0 Å². The number of likely N-dealkylation sites (N-methyl/N-ethyl adjacent to an activating group) is 1. The number of ether oxygens (including phenoxy) is 5. The molecular weight excluding hydrogens is 406 g/mol. The number of fused-ring (bicyclic) bond motifs is 1. The minimum absolute atomic E-state index is 0.239. The summed E-state index contributed by atoms with van der Waals surface area (Å²) in [5, 5.41) is 10.2. The monoisotopic (exact) mass is 431 g/mol. The molecule has 166 valence electrons. The Hall–Kier alpha value is -3.62. The second kappa shape index (κ2) is 8.63. The lowest BCUT2D eigenvalue weighted by molar-refractivity contribution is -0.140. The Labute approximate surface area is 180 Å². The van der Waals surface area contributed by atoms with Gasteiger partial charge in [-0.25, -0.2) is 0 Å². The van der Waals surface area contributed by atoms with Crippen LogP contribution in [0.1, 0.15) is 33.4 Å². The number of rotatable bonds is 7. The number of hydrogen-bond acceptors (Lipinski definition) is 7. The minimum atomic E-state index is -1.10. The fourth-order valence-electron chi connectivity index (χ4n) is 3.99. The van der Waals surface area contributed by atoms with E-state index in [0.717, 1.165) is 0 Å². The lowest BCUT2D eigenvalue weighted by atomic mass is 9.79. The lowest BCUT2D eigenvalue weighted by Crippen LogP contribution is -2.42. The first-order chi connectivity index (χ1) is 14.8. The van der Waals surface area contributed by atoms with E-state index >= 15 is 0 Å². The molecule has 1 aliphatic heterocycles. The van der Waals surface area contributed by atoms with Gasteiger partial charge in [-0.3, -0.25) is 9.59 Å². The van der Waals surface area contributed by atoms with Crippen LogP contribution in [0.25, 0.3) is 0 Å². The molecule has 2 unspecified atom stereocenters. The van der Waals surface area contributed by atoms with Crippen LogP contribution in [0.4, 0.5) is 0 Å². The molecule has 2 aromatic carbocycles. The lowest BCUT2D eigenvalue weighted by Gasteiger charge is -2.39. The van der Waals surface area contributed by atoms with Gasteiger partial charge in [-0.05, 0) is 23.8 Å². The van der Waals surface area contributed by atoms with E-state index in [9.17, 15) is 14.7 Å². The Kier molecular flexibility index (Phi) is 6.14. The molecule has 1 N–H and O–H groups in total. The van der Waals surface area contributed by atoms with Crippen molar-refractivity contribution in [3.8, 4) is 28.7 Å². The van der Waals surface area contributed by atoms with Crippen molar-refractivity contribution in [3.05, 3.63) is 41.0 Å². The SMILES string of the molecule is COc1cc(OC)c(C2C(C(=O)O)c3cc(OC)c(OC)cc3C(=O)N2C)cc1OC. The van der Waals surface area contributed by atoms with E-state index in [-0.39, 0.29) is 11.5 Å². The molecule has 3 rings (SSSR count). The first kappa shape index (κ1) is 22.1. The molecule has 0 saturated carbocycles. The van der Waals surface area contributed by atoms with Gasteiger partial charge >= 0.3 is 5.97 Å². The van der Waals surface area contributed by atoms with Crippen molar-refractivity contribution >= 4 is 11.9 Å². The number of amides is 1. The number of carbonyl (C=O) groups is 2. The number of nitrogens with zero attached hydrogens (tertiary/aromatic N) is 1. The number of hydrogen-bond donors (Lipinski definition) is 1. The van der Waals surface area contributed by atoms with E-state index < -0.39 is 17.9 Å². The smallest absolute Gasteiger partial charge is 0.313 e. The summed E-state index contributed by atoms with van der Waals surface area (Å²) in [6.07, 6.45) is 0. The number of benzene rings is 2. The summed E-state index contributed by atoms with van der Waals surface area (Å²) in [5.74, 6) is -0.683. The summed E-state index contributed by atoms with van der Waals surface area (Å²) in [7, 11) is 8.89. The van der Waals surface area contributed by atoms with Crippen molar-refractivity contribution in [1.82, 2.24) is 4.90 Å². The molecular formula is C22H25NO8. The maximum Gasteiger partial charge on any atom is 0.313 e. The molecule has 0 saturated heterocycles. The van der Waals surface area contributed by atoms with E-state index in [1.165, 1.54) is 52.6 Å². The molecule has 9 heteroatoms. The van der Waals surface area contributed by atoms with Crippen LogP contribution < -0.4 is 23.7 Å². The van der Waals surface area contributed by atoms with Crippen molar-refractivity contribution in [2.45, 2.75) is 12.0 Å². The zero-order valence-corrected chi connectivity index (χ0v) is 18.2. The van der Waals surface area contributed by atoms with E-state index in [0.29, 0.717) is 39.9 Å². The molecule has 0 fully saturated rings. The highest BCUT2D eigenvalue weighted by molar-refractivity contribution is 6.01. The van der Waals surface area contributed by atoms with Crippen LogP contribution in [0.15, 0.2) is 24.3 Å². The normalized spacial score (nSPS) is 17.6. The van der Waals surface area contributed by atoms with Gasteiger partial charge in [0.25, 0.3) is 5.91 Å². The van der Waals surface area contributed by atoms with Crippen LogP contribution in [-0.4, -0.2) is 64.5 Å². The minimum Gasteiger partial charge on any atom is -0.496 e. The van der Waals surface area contributed by atoms with Crippen molar-refractivity contribution in [3.63, 3.8) is 0 Å². The van der Waals surface area contributed by atoms with Crippen LogP contribution in [0, 0.1) is 0 Å². The molecule has 2 aromatic rings. The largest absolute Gasteiger partial charge is 0.496 e. The molecule has 31 heavy (non-hydrogen) atoms. The Balaban J connectivity index is 2.30. The van der Waals surface area contributed by atoms with Crippen molar-refractivity contribution < 1.29 is 38.4 Å². The van der Waals surface area contributed by atoms with Gasteiger partial charge in [0.2, 0.25) is 0 Å². The third-order valence-electron chi connectivity index (χ3n) is 5.50. The van der Waals surface area contributed by atoms with Crippen LogP contribution in [0.5, 0.6) is 28.7 Å². The molecule has 0 spiro atoms. The van der Waals surface area contributed by atoms with E-state index in [1.54, 1.807) is 19.2 Å². The average Bonchev–Trinajstić information content (AvgIpc) is 2.79. The van der Waals surface area contributed by atoms with Gasteiger partial charge in [-0.2, -0.15) is 0 Å². The zero-order valence-electron chi connectivity index (χ0n) is 18.2. The highest BCUT2D eigenvalue weighted by atomic mass is 16.5. The molecule has 1 amide bonds. The molecule has 1 aliphatic rings. The molecule has 0 aliphatic carbocycles. The van der Waals surface area contributed by atoms with Gasteiger partial charge in [0.1, 0.15) is 11.7 Å². The Morgan fingerprint density at radius 3 is 1.71 bits per heavy atom. The molecule has 0 aromatic heterocycles. The summed E-state index contributed by atoms with van der Waals surface area (Å²) < 4.78 is 26.9. The molecule has 2 atom stereocenters. The summed E-state index contributed by atoms with van der Waals surface area (Å²) >= 11 is 0.